The van der Waals surface area contributed by atoms with Gasteiger partial charge in [0.2, 0.25) is 5.91 Å². The molecule has 1 amide bonds. The molecule has 0 spiro atoms. The Hall–Kier alpha value is -1.40. The van der Waals surface area contributed by atoms with Crippen molar-refractivity contribution in [2.75, 3.05) is 39.4 Å². The summed E-state index contributed by atoms with van der Waals surface area (Å²) in [5, 5.41) is 4.20. The van der Waals surface area contributed by atoms with Crippen molar-refractivity contribution in [3.05, 3.63) is 18.0 Å². The maximum absolute atomic E-state index is 12.4. The third kappa shape index (κ3) is 3.27. The molecule has 6 nitrogen and oxygen atoms in total. The van der Waals surface area contributed by atoms with Crippen LogP contribution in [0.5, 0.6) is 0 Å². The van der Waals surface area contributed by atoms with Gasteiger partial charge in [-0.1, -0.05) is 6.92 Å². The Morgan fingerprint density at radius 2 is 2.14 bits per heavy atom. The molecule has 2 saturated heterocycles. The monoisotopic (exact) mass is 292 g/mol. The van der Waals surface area contributed by atoms with E-state index < -0.39 is 0 Å². The molecule has 0 saturated carbocycles. The van der Waals surface area contributed by atoms with Gasteiger partial charge in [0.25, 0.3) is 0 Å². The quantitative estimate of drug-likeness (QED) is 0.808. The van der Waals surface area contributed by atoms with E-state index in [1.165, 1.54) is 0 Å². The molecule has 1 aromatic heterocycles. The molecule has 0 radical (unpaired) electrons. The van der Waals surface area contributed by atoms with Gasteiger partial charge in [-0.25, -0.2) is 0 Å². The number of morpholine rings is 1. The van der Waals surface area contributed by atoms with Crippen LogP contribution >= 0.6 is 0 Å². The first-order valence-corrected chi connectivity index (χ1v) is 7.72. The number of hydrogen-bond donors (Lipinski definition) is 0. The van der Waals surface area contributed by atoms with Gasteiger partial charge in [-0.15, -0.1) is 0 Å². The molecule has 0 bridgehead atoms. The van der Waals surface area contributed by atoms with Gasteiger partial charge in [0.05, 0.1) is 19.4 Å². The van der Waals surface area contributed by atoms with Gasteiger partial charge in [-0.3, -0.25) is 14.4 Å². The maximum Gasteiger partial charge on any atom is 0.244 e. The van der Waals surface area contributed by atoms with Gasteiger partial charge in [0.15, 0.2) is 0 Å². The molecular formula is C15H24N4O2. The molecule has 3 heterocycles. The minimum absolute atomic E-state index is 0.167. The molecule has 116 valence electrons. The predicted octanol–water partition coefficient (Wildman–Crippen LogP) is 0.371. The summed E-state index contributed by atoms with van der Waals surface area (Å²) in [6, 6.07) is 0.470. The number of aromatic nitrogens is 2. The van der Waals surface area contributed by atoms with Crippen molar-refractivity contribution < 1.29 is 9.53 Å². The number of carbonyl (C=O) groups is 1. The summed E-state index contributed by atoms with van der Waals surface area (Å²) in [6.45, 7) is 9.84. The van der Waals surface area contributed by atoms with E-state index in [1.807, 2.05) is 18.0 Å². The van der Waals surface area contributed by atoms with Crippen molar-refractivity contribution in [2.45, 2.75) is 26.4 Å². The normalized spacial score (nSPS) is 27.2. The topological polar surface area (TPSA) is 50.6 Å². The third-order valence-corrected chi connectivity index (χ3v) is 4.50. The van der Waals surface area contributed by atoms with E-state index in [1.54, 1.807) is 10.9 Å². The van der Waals surface area contributed by atoms with E-state index in [0.717, 1.165) is 45.0 Å². The number of ether oxygens (including phenoxy) is 1. The lowest BCUT2D eigenvalue weighted by molar-refractivity contribution is -0.131. The zero-order chi connectivity index (χ0) is 14.8. The number of hydrogen-bond acceptors (Lipinski definition) is 4. The highest BCUT2D eigenvalue weighted by atomic mass is 16.5. The summed E-state index contributed by atoms with van der Waals surface area (Å²) in [5.41, 5.74) is 1.09. The van der Waals surface area contributed by atoms with Crippen LogP contribution in [0.4, 0.5) is 0 Å². The minimum atomic E-state index is 0.167. The molecule has 0 N–H and O–H groups in total. The highest BCUT2D eigenvalue weighted by Crippen LogP contribution is 2.23. The summed E-state index contributed by atoms with van der Waals surface area (Å²) in [5.74, 6) is 0.687. The molecule has 3 rings (SSSR count). The summed E-state index contributed by atoms with van der Waals surface area (Å²) in [4.78, 5) is 16.9. The van der Waals surface area contributed by atoms with Crippen LogP contribution in [0, 0.1) is 12.8 Å². The molecule has 2 aliphatic heterocycles. The fourth-order valence-corrected chi connectivity index (χ4v) is 3.33. The Morgan fingerprint density at radius 3 is 2.81 bits per heavy atom. The maximum atomic E-state index is 12.4. The van der Waals surface area contributed by atoms with Gasteiger partial charge in [-0.05, 0) is 18.4 Å². The summed E-state index contributed by atoms with van der Waals surface area (Å²) in [6.07, 6.45) is 3.70. The Labute approximate surface area is 125 Å². The molecule has 0 unspecified atom stereocenters. The van der Waals surface area contributed by atoms with E-state index in [0.29, 0.717) is 18.5 Å². The van der Waals surface area contributed by atoms with Crippen LogP contribution in [0.25, 0.3) is 0 Å². The first-order chi connectivity index (χ1) is 10.1. The molecule has 1 aromatic rings. The van der Waals surface area contributed by atoms with Gasteiger partial charge >= 0.3 is 0 Å². The van der Waals surface area contributed by atoms with Crippen LogP contribution in [0.15, 0.2) is 12.4 Å². The molecule has 0 aromatic carbocycles. The van der Waals surface area contributed by atoms with E-state index in [4.69, 9.17) is 4.74 Å². The van der Waals surface area contributed by atoms with Crippen molar-refractivity contribution in [3.63, 3.8) is 0 Å². The Kier molecular flexibility index (Phi) is 4.26. The van der Waals surface area contributed by atoms with Crippen LogP contribution < -0.4 is 0 Å². The number of rotatable bonds is 3. The zero-order valence-corrected chi connectivity index (χ0v) is 12.9. The number of nitrogens with zero attached hydrogens (tertiary/aromatic N) is 4. The van der Waals surface area contributed by atoms with Crippen LogP contribution in [-0.2, 0) is 16.1 Å². The SMILES string of the molecule is Cc1cnn(CC(=O)N2C[C@@H](N3CCOCC3)[C@@H](C)C2)c1. The average Bonchev–Trinajstić information content (AvgIpc) is 3.06. The zero-order valence-electron chi connectivity index (χ0n) is 12.9. The second kappa shape index (κ2) is 6.15. The van der Waals surface area contributed by atoms with Crippen molar-refractivity contribution in [3.8, 4) is 0 Å². The second-order valence-corrected chi connectivity index (χ2v) is 6.21. The highest BCUT2D eigenvalue weighted by molar-refractivity contribution is 5.76. The van der Waals surface area contributed by atoms with Crippen LogP contribution in [-0.4, -0.2) is 70.9 Å². The number of aryl methyl sites for hydroxylation is 1. The highest BCUT2D eigenvalue weighted by Gasteiger charge is 2.36. The van der Waals surface area contributed by atoms with Crippen molar-refractivity contribution in [1.29, 1.82) is 0 Å². The van der Waals surface area contributed by atoms with Gasteiger partial charge in [-0.2, -0.15) is 5.10 Å². The summed E-state index contributed by atoms with van der Waals surface area (Å²) >= 11 is 0. The third-order valence-electron chi connectivity index (χ3n) is 4.50. The Balaban J connectivity index is 1.58. The molecule has 6 heteroatoms. The molecule has 2 atom stereocenters. The lowest BCUT2D eigenvalue weighted by Crippen LogP contribution is -2.47. The van der Waals surface area contributed by atoms with E-state index in [-0.39, 0.29) is 5.91 Å². The fourth-order valence-electron chi connectivity index (χ4n) is 3.33. The lowest BCUT2D eigenvalue weighted by Gasteiger charge is -2.33. The lowest BCUT2D eigenvalue weighted by atomic mass is 10.0. The summed E-state index contributed by atoms with van der Waals surface area (Å²) < 4.78 is 7.14. The number of likely N-dealkylation sites (tertiary alicyclic amines) is 1. The second-order valence-electron chi connectivity index (χ2n) is 6.21. The van der Waals surface area contributed by atoms with Crippen molar-refractivity contribution in [2.24, 2.45) is 5.92 Å². The molecule has 2 fully saturated rings. The van der Waals surface area contributed by atoms with E-state index in [9.17, 15) is 4.79 Å². The Morgan fingerprint density at radius 1 is 1.38 bits per heavy atom. The summed E-state index contributed by atoms with van der Waals surface area (Å²) in [7, 11) is 0. The van der Waals surface area contributed by atoms with Crippen molar-refractivity contribution in [1.82, 2.24) is 19.6 Å². The van der Waals surface area contributed by atoms with Gasteiger partial charge in [0.1, 0.15) is 6.54 Å². The number of amides is 1. The van der Waals surface area contributed by atoms with Gasteiger partial charge in [0, 0.05) is 38.4 Å². The number of carbonyl (C=O) groups excluding carboxylic acids is 1. The van der Waals surface area contributed by atoms with E-state index >= 15 is 0 Å². The van der Waals surface area contributed by atoms with Crippen molar-refractivity contribution >= 4 is 5.91 Å². The first kappa shape index (κ1) is 14.5. The fraction of sp³-hybridized carbons (Fsp3) is 0.733. The minimum Gasteiger partial charge on any atom is -0.379 e. The molecular weight excluding hydrogens is 268 g/mol. The molecule has 21 heavy (non-hydrogen) atoms. The standard InChI is InChI=1S/C15H24N4O2/c1-12-7-16-19(8-12)11-15(20)18-9-13(2)14(10-18)17-3-5-21-6-4-17/h7-8,13-14H,3-6,9-11H2,1-2H3/t13-,14+/m0/s1. The molecule has 0 aliphatic carbocycles. The largest absolute Gasteiger partial charge is 0.379 e. The van der Waals surface area contributed by atoms with Gasteiger partial charge < -0.3 is 9.64 Å². The van der Waals surface area contributed by atoms with E-state index in [2.05, 4.69) is 16.9 Å². The first-order valence-electron chi connectivity index (χ1n) is 7.72. The average molecular weight is 292 g/mol. The van der Waals surface area contributed by atoms with Crippen LogP contribution in [0.2, 0.25) is 0 Å². The molecule has 2 aliphatic rings. The predicted molar refractivity (Wildman–Crippen MR) is 78.9 cm³/mol. The Bertz CT molecular complexity index is 496. The van der Waals surface area contributed by atoms with Crippen LogP contribution in [0.1, 0.15) is 12.5 Å². The smallest absolute Gasteiger partial charge is 0.244 e. The van der Waals surface area contributed by atoms with Crippen LogP contribution in [0.3, 0.4) is 0 Å².